The van der Waals surface area contributed by atoms with Crippen molar-refractivity contribution in [2.75, 3.05) is 19.7 Å². The van der Waals surface area contributed by atoms with E-state index in [1.165, 1.54) is 5.56 Å². The molecule has 1 aliphatic rings. The van der Waals surface area contributed by atoms with Gasteiger partial charge in [0.25, 0.3) is 0 Å². The second kappa shape index (κ2) is 6.06. The largest absolute Gasteiger partial charge is 0.493 e. The highest BCUT2D eigenvalue weighted by Gasteiger charge is 2.23. The molecule has 0 aromatic heterocycles. The third-order valence-electron chi connectivity index (χ3n) is 3.71. The molecule has 104 valence electrons. The molecule has 1 aromatic rings. The SMILES string of the molecule is Cc1cccc(OCCC(=O)N2CCC(N)C2)c1C. The first kappa shape index (κ1) is 13.9. The molecule has 1 fully saturated rings. The summed E-state index contributed by atoms with van der Waals surface area (Å²) in [5, 5.41) is 0. The van der Waals surface area contributed by atoms with Gasteiger partial charge in [-0.2, -0.15) is 0 Å². The third-order valence-corrected chi connectivity index (χ3v) is 3.71. The van der Waals surface area contributed by atoms with Crippen molar-refractivity contribution in [1.82, 2.24) is 4.90 Å². The minimum atomic E-state index is 0.137. The minimum Gasteiger partial charge on any atom is -0.493 e. The summed E-state index contributed by atoms with van der Waals surface area (Å²) in [7, 11) is 0. The number of nitrogens with two attached hydrogens (primary N) is 1. The van der Waals surface area contributed by atoms with E-state index in [-0.39, 0.29) is 11.9 Å². The number of likely N-dealkylation sites (tertiary alicyclic amines) is 1. The van der Waals surface area contributed by atoms with Gasteiger partial charge in [-0.3, -0.25) is 4.79 Å². The molecule has 2 rings (SSSR count). The Bertz CT molecular complexity index is 459. The van der Waals surface area contributed by atoms with Crippen LogP contribution in [-0.2, 0) is 4.79 Å². The zero-order valence-corrected chi connectivity index (χ0v) is 11.7. The molecule has 1 heterocycles. The first-order chi connectivity index (χ1) is 9.08. The summed E-state index contributed by atoms with van der Waals surface area (Å²) in [5.41, 5.74) is 8.13. The van der Waals surface area contributed by atoms with Crippen LogP contribution < -0.4 is 10.5 Å². The Kier molecular flexibility index (Phi) is 4.43. The minimum absolute atomic E-state index is 0.137. The maximum atomic E-state index is 11.9. The van der Waals surface area contributed by atoms with Gasteiger partial charge in [-0.1, -0.05) is 12.1 Å². The number of aryl methyl sites for hydroxylation is 1. The van der Waals surface area contributed by atoms with E-state index >= 15 is 0 Å². The fraction of sp³-hybridized carbons (Fsp3) is 0.533. The molecular formula is C15H22N2O2. The van der Waals surface area contributed by atoms with Gasteiger partial charge in [0.05, 0.1) is 13.0 Å². The fourth-order valence-electron chi connectivity index (χ4n) is 2.30. The monoisotopic (exact) mass is 262 g/mol. The van der Waals surface area contributed by atoms with E-state index in [9.17, 15) is 4.79 Å². The molecule has 0 bridgehead atoms. The number of rotatable bonds is 4. The Balaban J connectivity index is 1.80. The van der Waals surface area contributed by atoms with E-state index in [1.54, 1.807) is 0 Å². The maximum absolute atomic E-state index is 11.9. The average Bonchev–Trinajstić information content (AvgIpc) is 2.81. The van der Waals surface area contributed by atoms with Crippen molar-refractivity contribution in [3.05, 3.63) is 29.3 Å². The van der Waals surface area contributed by atoms with Gasteiger partial charge in [0.2, 0.25) is 5.91 Å². The van der Waals surface area contributed by atoms with Crippen molar-refractivity contribution in [2.24, 2.45) is 5.73 Å². The molecular weight excluding hydrogens is 240 g/mol. The molecule has 1 unspecified atom stereocenters. The van der Waals surface area contributed by atoms with Crippen molar-refractivity contribution in [3.63, 3.8) is 0 Å². The molecule has 1 saturated heterocycles. The molecule has 1 amide bonds. The Labute approximate surface area is 114 Å². The molecule has 1 aromatic carbocycles. The first-order valence-corrected chi connectivity index (χ1v) is 6.80. The smallest absolute Gasteiger partial charge is 0.226 e. The maximum Gasteiger partial charge on any atom is 0.226 e. The summed E-state index contributed by atoms with van der Waals surface area (Å²) >= 11 is 0. The summed E-state index contributed by atoms with van der Waals surface area (Å²) in [6.07, 6.45) is 1.32. The van der Waals surface area contributed by atoms with Gasteiger partial charge in [-0.15, -0.1) is 0 Å². The highest BCUT2D eigenvalue weighted by atomic mass is 16.5. The van der Waals surface area contributed by atoms with Gasteiger partial charge in [0.15, 0.2) is 0 Å². The Morgan fingerprint density at radius 1 is 1.47 bits per heavy atom. The van der Waals surface area contributed by atoms with E-state index in [0.29, 0.717) is 19.6 Å². The lowest BCUT2D eigenvalue weighted by molar-refractivity contribution is -0.130. The normalized spacial score (nSPS) is 18.7. The number of carbonyl (C=O) groups is 1. The lowest BCUT2D eigenvalue weighted by atomic mass is 10.1. The summed E-state index contributed by atoms with van der Waals surface area (Å²) in [4.78, 5) is 13.8. The van der Waals surface area contributed by atoms with E-state index in [4.69, 9.17) is 10.5 Å². The van der Waals surface area contributed by atoms with E-state index in [1.807, 2.05) is 24.0 Å². The number of benzene rings is 1. The third kappa shape index (κ3) is 3.47. The zero-order valence-electron chi connectivity index (χ0n) is 11.7. The Morgan fingerprint density at radius 3 is 2.95 bits per heavy atom. The molecule has 19 heavy (non-hydrogen) atoms. The van der Waals surface area contributed by atoms with Crippen LogP contribution in [0.3, 0.4) is 0 Å². The standard InChI is InChI=1S/C15H22N2O2/c1-11-4-3-5-14(12(11)2)19-9-7-15(18)17-8-6-13(16)10-17/h3-5,13H,6-10,16H2,1-2H3. The van der Waals surface area contributed by atoms with Gasteiger partial charge < -0.3 is 15.4 Å². The first-order valence-electron chi connectivity index (χ1n) is 6.80. The molecule has 0 aliphatic carbocycles. The van der Waals surface area contributed by atoms with Crippen LogP contribution >= 0.6 is 0 Å². The highest BCUT2D eigenvalue weighted by molar-refractivity contribution is 5.76. The van der Waals surface area contributed by atoms with Crippen molar-refractivity contribution in [3.8, 4) is 5.75 Å². The molecule has 0 saturated carbocycles. The van der Waals surface area contributed by atoms with Crippen LogP contribution in [0, 0.1) is 13.8 Å². The molecule has 4 heteroatoms. The second-order valence-electron chi connectivity index (χ2n) is 5.19. The summed E-state index contributed by atoms with van der Waals surface area (Å²) < 4.78 is 5.70. The van der Waals surface area contributed by atoms with Crippen molar-refractivity contribution in [2.45, 2.75) is 32.7 Å². The number of amides is 1. The fourth-order valence-corrected chi connectivity index (χ4v) is 2.30. The Hall–Kier alpha value is -1.55. The van der Waals surface area contributed by atoms with E-state index < -0.39 is 0 Å². The number of carbonyl (C=O) groups excluding carboxylic acids is 1. The average molecular weight is 262 g/mol. The number of hydrogen-bond donors (Lipinski definition) is 1. The highest BCUT2D eigenvalue weighted by Crippen LogP contribution is 2.20. The van der Waals surface area contributed by atoms with Crippen LogP contribution in [0.4, 0.5) is 0 Å². The summed E-state index contributed by atoms with van der Waals surface area (Å²) in [6, 6.07) is 6.11. The lowest BCUT2D eigenvalue weighted by Crippen LogP contribution is -2.32. The van der Waals surface area contributed by atoms with Crippen LogP contribution in [0.5, 0.6) is 5.75 Å². The molecule has 1 atom stereocenters. The van der Waals surface area contributed by atoms with E-state index in [0.717, 1.165) is 24.3 Å². The zero-order chi connectivity index (χ0) is 13.8. The predicted octanol–water partition coefficient (Wildman–Crippen LogP) is 1.63. The van der Waals surface area contributed by atoms with Crippen LogP contribution in [-0.4, -0.2) is 36.5 Å². The van der Waals surface area contributed by atoms with Gasteiger partial charge >= 0.3 is 0 Å². The topological polar surface area (TPSA) is 55.6 Å². The van der Waals surface area contributed by atoms with Crippen LogP contribution in [0.2, 0.25) is 0 Å². The predicted molar refractivity (Wildman–Crippen MR) is 75.2 cm³/mol. The number of hydrogen-bond acceptors (Lipinski definition) is 3. The Morgan fingerprint density at radius 2 is 2.26 bits per heavy atom. The van der Waals surface area contributed by atoms with Gasteiger partial charge in [-0.05, 0) is 37.5 Å². The molecule has 2 N–H and O–H groups in total. The molecule has 4 nitrogen and oxygen atoms in total. The van der Waals surface area contributed by atoms with Gasteiger partial charge in [0, 0.05) is 19.1 Å². The molecule has 0 spiro atoms. The number of ether oxygens (including phenoxy) is 1. The van der Waals surface area contributed by atoms with Crippen molar-refractivity contribution >= 4 is 5.91 Å². The molecule has 1 aliphatic heterocycles. The molecule has 0 radical (unpaired) electrons. The van der Waals surface area contributed by atoms with Crippen molar-refractivity contribution in [1.29, 1.82) is 0 Å². The van der Waals surface area contributed by atoms with Crippen LogP contribution in [0.25, 0.3) is 0 Å². The quantitative estimate of drug-likeness (QED) is 0.897. The second-order valence-corrected chi connectivity index (χ2v) is 5.19. The van der Waals surface area contributed by atoms with Crippen molar-refractivity contribution < 1.29 is 9.53 Å². The summed E-state index contributed by atoms with van der Waals surface area (Å²) in [5.74, 6) is 1.00. The van der Waals surface area contributed by atoms with E-state index in [2.05, 4.69) is 13.0 Å². The van der Waals surface area contributed by atoms with Crippen LogP contribution in [0.15, 0.2) is 18.2 Å². The van der Waals surface area contributed by atoms with Gasteiger partial charge in [0.1, 0.15) is 5.75 Å². The lowest BCUT2D eigenvalue weighted by Gasteiger charge is -2.16. The summed E-state index contributed by atoms with van der Waals surface area (Å²) in [6.45, 7) is 5.98. The number of nitrogens with zero attached hydrogens (tertiary/aromatic N) is 1. The van der Waals surface area contributed by atoms with Crippen LogP contribution in [0.1, 0.15) is 24.0 Å². The van der Waals surface area contributed by atoms with Gasteiger partial charge in [-0.25, -0.2) is 0 Å².